The Morgan fingerprint density at radius 2 is 1.84 bits per heavy atom. The van der Waals surface area contributed by atoms with E-state index in [1.807, 2.05) is 4.90 Å². The van der Waals surface area contributed by atoms with Crippen LogP contribution in [0.25, 0.3) is 5.69 Å². The molecule has 0 radical (unpaired) electrons. The Hall–Kier alpha value is -3.26. The second-order valence-electron chi connectivity index (χ2n) is 7.74. The average molecular weight is 423 g/mol. The normalized spacial score (nSPS) is 14.4. The summed E-state index contributed by atoms with van der Waals surface area (Å²) in [6.07, 6.45) is 2.91. The van der Waals surface area contributed by atoms with E-state index in [2.05, 4.69) is 77.0 Å². The van der Waals surface area contributed by atoms with Gasteiger partial charge in [-0.15, -0.1) is 0 Å². The summed E-state index contributed by atoms with van der Waals surface area (Å²) in [7, 11) is 0. The van der Waals surface area contributed by atoms with Crippen LogP contribution in [-0.4, -0.2) is 47.1 Å². The smallest absolute Gasteiger partial charge is 0.245 e. The van der Waals surface area contributed by atoms with Crippen molar-refractivity contribution < 1.29 is 9.13 Å². The van der Waals surface area contributed by atoms with Gasteiger partial charge in [-0.25, -0.2) is 14.8 Å². The van der Waals surface area contributed by atoms with Crippen molar-refractivity contribution in [3.05, 3.63) is 64.4 Å². The van der Waals surface area contributed by atoms with E-state index in [0.29, 0.717) is 26.3 Å². The second kappa shape index (κ2) is 8.85. The molecule has 1 fully saturated rings. The number of rotatable bonds is 5. The number of hydrazone groups is 1. The van der Waals surface area contributed by atoms with E-state index in [1.54, 1.807) is 6.21 Å². The highest BCUT2D eigenvalue weighted by molar-refractivity contribution is 5.82. The maximum absolute atomic E-state index is 14.2. The maximum atomic E-state index is 14.2. The Morgan fingerprint density at radius 3 is 2.55 bits per heavy atom. The van der Waals surface area contributed by atoms with Gasteiger partial charge in [-0.1, -0.05) is 18.2 Å². The van der Waals surface area contributed by atoms with E-state index in [4.69, 9.17) is 4.74 Å². The molecule has 0 unspecified atom stereocenters. The summed E-state index contributed by atoms with van der Waals surface area (Å²) in [5.74, 6) is 0.0699. The number of hydrogen-bond acceptors (Lipinski definition) is 6. The molecule has 7 nitrogen and oxygen atoms in total. The molecular formula is C23H27FN6O. The van der Waals surface area contributed by atoms with Crippen LogP contribution < -0.4 is 10.3 Å². The molecule has 1 aliphatic heterocycles. The highest BCUT2D eigenvalue weighted by Crippen LogP contribution is 2.25. The minimum Gasteiger partial charge on any atom is -0.378 e. The number of ether oxygens (including phenoxy) is 1. The van der Waals surface area contributed by atoms with Crippen molar-refractivity contribution >= 4 is 18.0 Å². The lowest BCUT2D eigenvalue weighted by molar-refractivity contribution is 0.122. The minimum absolute atomic E-state index is 0.252. The number of aromatic nitrogens is 3. The van der Waals surface area contributed by atoms with Crippen LogP contribution in [0.2, 0.25) is 0 Å². The van der Waals surface area contributed by atoms with Gasteiger partial charge in [-0.3, -0.25) is 0 Å². The third kappa shape index (κ3) is 4.29. The highest BCUT2D eigenvalue weighted by atomic mass is 19.1. The molecule has 3 aromatic rings. The summed E-state index contributed by atoms with van der Waals surface area (Å²) in [6, 6.07) is 8.41. The number of morpholine rings is 1. The fourth-order valence-electron chi connectivity index (χ4n) is 3.99. The van der Waals surface area contributed by atoms with Gasteiger partial charge in [0.05, 0.1) is 31.3 Å². The lowest BCUT2D eigenvalue weighted by Crippen LogP contribution is -2.37. The van der Waals surface area contributed by atoms with Crippen LogP contribution in [0.1, 0.15) is 28.1 Å². The van der Waals surface area contributed by atoms with Crippen LogP contribution in [0.4, 0.5) is 16.2 Å². The van der Waals surface area contributed by atoms with Crippen LogP contribution >= 0.6 is 0 Å². The molecule has 1 saturated heterocycles. The number of hydrogen-bond donors (Lipinski definition) is 1. The lowest BCUT2D eigenvalue weighted by Gasteiger charge is -2.27. The second-order valence-corrected chi connectivity index (χ2v) is 7.74. The van der Waals surface area contributed by atoms with E-state index in [-0.39, 0.29) is 11.8 Å². The lowest BCUT2D eigenvalue weighted by atomic mass is 10.1. The summed E-state index contributed by atoms with van der Waals surface area (Å²) in [4.78, 5) is 10.2. The number of aryl methyl sites for hydroxylation is 3. The van der Waals surface area contributed by atoms with Gasteiger partial charge in [0.25, 0.3) is 0 Å². The number of benzene rings is 1. The van der Waals surface area contributed by atoms with Gasteiger partial charge in [0.1, 0.15) is 0 Å². The summed E-state index contributed by atoms with van der Waals surface area (Å²) < 4.78 is 21.8. The maximum Gasteiger partial charge on any atom is 0.245 e. The fourth-order valence-corrected chi connectivity index (χ4v) is 3.99. The molecule has 4 rings (SSSR count). The Morgan fingerprint density at radius 1 is 1.13 bits per heavy atom. The third-order valence-electron chi connectivity index (χ3n) is 5.54. The van der Waals surface area contributed by atoms with Gasteiger partial charge < -0.3 is 14.2 Å². The van der Waals surface area contributed by atoms with E-state index < -0.39 is 5.82 Å². The first-order valence-corrected chi connectivity index (χ1v) is 10.4. The first-order chi connectivity index (χ1) is 15.0. The van der Waals surface area contributed by atoms with Crippen molar-refractivity contribution in [2.45, 2.75) is 27.7 Å². The van der Waals surface area contributed by atoms with Crippen LogP contribution in [0.3, 0.4) is 0 Å². The summed E-state index contributed by atoms with van der Waals surface area (Å²) in [6.45, 7) is 10.7. The number of nitrogens with one attached hydrogen (secondary N) is 1. The number of nitrogens with zero attached hydrogens (tertiary/aromatic N) is 5. The number of halogens is 1. The zero-order valence-electron chi connectivity index (χ0n) is 18.3. The summed E-state index contributed by atoms with van der Waals surface area (Å²) >= 11 is 0. The number of para-hydroxylation sites is 1. The molecule has 1 aromatic carbocycles. The molecule has 1 N–H and O–H groups in total. The van der Waals surface area contributed by atoms with E-state index in [1.165, 1.54) is 23.0 Å². The van der Waals surface area contributed by atoms with Crippen molar-refractivity contribution in [1.82, 2.24) is 14.5 Å². The molecule has 31 heavy (non-hydrogen) atoms. The first-order valence-electron chi connectivity index (χ1n) is 10.4. The molecule has 3 heterocycles. The molecule has 2 aromatic heterocycles. The highest BCUT2D eigenvalue weighted by Gasteiger charge is 2.18. The molecule has 0 saturated carbocycles. The monoisotopic (exact) mass is 422 g/mol. The molecule has 0 atom stereocenters. The van der Waals surface area contributed by atoms with Crippen molar-refractivity contribution in [2.24, 2.45) is 5.10 Å². The quantitative estimate of drug-likeness (QED) is 0.499. The minimum atomic E-state index is -0.450. The standard InChI is InChI=1S/C23H27FN6O/c1-15-6-5-7-16(2)21(15)30-17(3)12-19(18(30)4)13-26-28-23-25-14-20(24)22(27-23)29-8-10-31-11-9-29/h5-7,12-14H,8-11H2,1-4H3,(H,25,27,28)/b26-13-. The molecule has 1 aliphatic rings. The molecule has 0 amide bonds. The van der Waals surface area contributed by atoms with Crippen LogP contribution in [-0.2, 0) is 4.74 Å². The Bertz CT molecular complexity index is 1100. The van der Waals surface area contributed by atoms with Crippen molar-refractivity contribution in [1.29, 1.82) is 0 Å². The number of anilines is 2. The first kappa shape index (κ1) is 21.0. The average Bonchev–Trinajstić information content (AvgIpc) is 3.03. The molecule has 0 spiro atoms. The fraction of sp³-hybridized carbons (Fsp3) is 0.348. The van der Waals surface area contributed by atoms with Crippen molar-refractivity contribution in [3.8, 4) is 5.69 Å². The predicted molar refractivity (Wildman–Crippen MR) is 121 cm³/mol. The van der Waals surface area contributed by atoms with Gasteiger partial charge in [0, 0.05) is 30.0 Å². The topological polar surface area (TPSA) is 67.6 Å². The van der Waals surface area contributed by atoms with Crippen LogP contribution in [0.15, 0.2) is 35.6 Å². The third-order valence-corrected chi connectivity index (χ3v) is 5.54. The van der Waals surface area contributed by atoms with E-state index in [0.717, 1.165) is 17.0 Å². The molecule has 0 bridgehead atoms. The molecular weight excluding hydrogens is 395 g/mol. The van der Waals surface area contributed by atoms with Gasteiger partial charge in [-0.05, 0) is 44.9 Å². The van der Waals surface area contributed by atoms with Crippen LogP contribution in [0.5, 0.6) is 0 Å². The summed E-state index contributed by atoms with van der Waals surface area (Å²) in [5, 5.41) is 4.30. The van der Waals surface area contributed by atoms with E-state index in [9.17, 15) is 4.39 Å². The largest absolute Gasteiger partial charge is 0.378 e. The van der Waals surface area contributed by atoms with E-state index >= 15 is 0 Å². The molecule has 0 aliphatic carbocycles. The SMILES string of the molecule is Cc1cccc(C)c1-n1c(C)cc(/C=N\Nc2ncc(F)c(N3CCOCC3)n2)c1C. The van der Waals surface area contributed by atoms with Gasteiger partial charge in [0.2, 0.25) is 5.95 Å². The molecule has 8 heteroatoms. The van der Waals surface area contributed by atoms with Gasteiger partial charge in [-0.2, -0.15) is 10.1 Å². The van der Waals surface area contributed by atoms with Crippen LogP contribution in [0, 0.1) is 33.5 Å². The Kier molecular flexibility index (Phi) is 5.99. The van der Waals surface area contributed by atoms with Gasteiger partial charge in [0.15, 0.2) is 11.6 Å². The Balaban J connectivity index is 1.55. The van der Waals surface area contributed by atoms with Crippen molar-refractivity contribution in [3.63, 3.8) is 0 Å². The zero-order chi connectivity index (χ0) is 22.0. The van der Waals surface area contributed by atoms with Crippen molar-refractivity contribution in [2.75, 3.05) is 36.6 Å². The Labute approximate surface area is 181 Å². The molecule has 162 valence electrons. The predicted octanol–water partition coefficient (Wildman–Crippen LogP) is 3.92. The zero-order valence-corrected chi connectivity index (χ0v) is 18.3. The summed E-state index contributed by atoms with van der Waals surface area (Å²) in [5.41, 5.74) is 9.68. The van der Waals surface area contributed by atoms with Gasteiger partial charge >= 0.3 is 0 Å².